The van der Waals surface area contributed by atoms with Gasteiger partial charge in [-0.3, -0.25) is 0 Å². The molecule has 18 heavy (non-hydrogen) atoms. The lowest BCUT2D eigenvalue weighted by atomic mass is 10.1. The van der Waals surface area contributed by atoms with Crippen LogP contribution in [0.2, 0.25) is 0 Å². The highest BCUT2D eigenvalue weighted by molar-refractivity contribution is 7.89. The maximum absolute atomic E-state index is 12.5. The average molecular weight is 268 g/mol. The molecule has 1 saturated heterocycles. The second-order valence-corrected chi connectivity index (χ2v) is 6.63. The lowest BCUT2D eigenvalue weighted by Crippen LogP contribution is -2.41. The van der Waals surface area contributed by atoms with Gasteiger partial charge in [0.2, 0.25) is 10.0 Å². The van der Waals surface area contributed by atoms with Crippen molar-refractivity contribution in [3.63, 3.8) is 0 Å². The van der Waals surface area contributed by atoms with Crippen LogP contribution in [-0.4, -0.2) is 32.4 Å². The highest BCUT2D eigenvalue weighted by Gasteiger charge is 2.30. The first-order chi connectivity index (χ1) is 8.55. The van der Waals surface area contributed by atoms with Gasteiger partial charge in [0.15, 0.2) is 0 Å². The Morgan fingerprint density at radius 2 is 1.89 bits per heavy atom. The van der Waals surface area contributed by atoms with Crippen molar-refractivity contribution in [3.8, 4) is 0 Å². The normalized spacial score (nSPS) is 21.8. The Morgan fingerprint density at radius 1 is 1.22 bits per heavy atom. The molecule has 1 atom stereocenters. The van der Waals surface area contributed by atoms with Crippen LogP contribution in [-0.2, 0) is 10.0 Å². The summed E-state index contributed by atoms with van der Waals surface area (Å²) in [6.45, 7) is 2.62. The second-order valence-electron chi connectivity index (χ2n) is 4.73. The summed E-state index contributed by atoms with van der Waals surface area (Å²) in [6, 6.07) is 7.03. The Kier molecular flexibility index (Phi) is 3.92. The standard InChI is InChI=1S/C13H20N2O2S/c1-11-5-3-4-10-15(11)18(16,17)13-8-6-12(14-2)7-9-13/h6-9,11,14H,3-5,10H2,1-2H3/t11-/m1/s1. The summed E-state index contributed by atoms with van der Waals surface area (Å²) in [4.78, 5) is 0.384. The number of anilines is 1. The Labute approximate surface area is 109 Å². The summed E-state index contributed by atoms with van der Waals surface area (Å²) < 4.78 is 26.6. The molecular formula is C13H20N2O2S. The quantitative estimate of drug-likeness (QED) is 0.915. The molecule has 1 fully saturated rings. The van der Waals surface area contributed by atoms with E-state index in [1.807, 2.05) is 14.0 Å². The lowest BCUT2D eigenvalue weighted by molar-refractivity contribution is 0.268. The SMILES string of the molecule is CNc1ccc(S(=O)(=O)N2CCCC[C@H]2C)cc1. The molecule has 0 bridgehead atoms. The van der Waals surface area contributed by atoms with Crippen molar-refractivity contribution in [1.82, 2.24) is 4.31 Å². The van der Waals surface area contributed by atoms with E-state index >= 15 is 0 Å². The maximum Gasteiger partial charge on any atom is 0.243 e. The number of sulfonamides is 1. The Balaban J connectivity index is 2.28. The molecular weight excluding hydrogens is 248 g/mol. The number of rotatable bonds is 3. The van der Waals surface area contributed by atoms with Crippen molar-refractivity contribution in [3.05, 3.63) is 24.3 Å². The molecule has 2 rings (SSSR count). The molecule has 5 heteroatoms. The fourth-order valence-corrected chi connectivity index (χ4v) is 4.06. The third-order valence-corrected chi connectivity index (χ3v) is 5.52. The molecule has 1 N–H and O–H groups in total. The third kappa shape index (κ3) is 2.52. The van der Waals surface area contributed by atoms with Crippen LogP contribution in [0.3, 0.4) is 0 Å². The first-order valence-electron chi connectivity index (χ1n) is 6.35. The zero-order chi connectivity index (χ0) is 13.2. The van der Waals surface area contributed by atoms with E-state index in [1.165, 1.54) is 0 Å². The van der Waals surface area contributed by atoms with Crippen LogP contribution in [0.15, 0.2) is 29.2 Å². The van der Waals surface area contributed by atoms with Gasteiger partial charge in [0, 0.05) is 25.3 Å². The molecule has 0 aliphatic carbocycles. The van der Waals surface area contributed by atoms with E-state index in [4.69, 9.17) is 0 Å². The van der Waals surface area contributed by atoms with Gasteiger partial charge in [-0.15, -0.1) is 0 Å². The second kappa shape index (κ2) is 5.28. The average Bonchev–Trinajstić information content (AvgIpc) is 2.39. The molecule has 0 aromatic heterocycles. The van der Waals surface area contributed by atoms with Crippen molar-refractivity contribution in [2.75, 3.05) is 18.9 Å². The molecule has 1 aliphatic rings. The fraction of sp³-hybridized carbons (Fsp3) is 0.538. The Morgan fingerprint density at radius 3 is 2.44 bits per heavy atom. The molecule has 1 aromatic rings. The largest absolute Gasteiger partial charge is 0.388 e. The maximum atomic E-state index is 12.5. The summed E-state index contributed by atoms with van der Waals surface area (Å²) in [5, 5.41) is 2.99. The topological polar surface area (TPSA) is 49.4 Å². The minimum absolute atomic E-state index is 0.104. The van der Waals surface area contributed by atoms with Gasteiger partial charge in [0.25, 0.3) is 0 Å². The molecule has 1 aliphatic heterocycles. The highest BCUT2D eigenvalue weighted by atomic mass is 32.2. The van der Waals surface area contributed by atoms with E-state index in [9.17, 15) is 8.42 Å². The minimum Gasteiger partial charge on any atom is -0.388 e. The zero-order valence-electron chi connectivity index (χ0n) is 10.9. The lowest BCUT2D eigenvalue weighted by Gasteiger charge is -2.32. The van der Waals surface area contributed by atoms with Gasteiger partial charge in [0.05, 0.1) is 4.90 Å². The van der Waals surface area contributed by atoms with Crippen LogP contribution in [0.4, 0.5) is 5.69 Å². The van der Waals surface area contributed by atoms with E-state index in [1.54, 1.807) is 28.6 Å². The predicted molar refractivity (Wildman–Crippen MR) is 73.2 cm³/mol. The van der Waals surface area contributed by atoms with Crippen molar-refractivity contribution < 1.29 is 8.42 Å². The molecule has 0 saturated carbocycles. The summed E-state index contributed by atoms with van der Waals surface area (Å²) in [5.74, 6) is 0. The minimum atomic E-state index is -3.33. The van der Waals surface area contributed by atoms with Gasteiger partial charge in [-0.2, -0.15) is 4.31 Å². The van der Waals surface area contributed by atoms with Gasteiger partial charge < -0.3 is 5.32 Å². The van der Waals surface area contributed by atoms with Gasteiger partial charge in [-0.1, -0.05) is 6.42 Å². The highest BCUT2D eigenvalue weighted by Crippen LogP contribution is 2.25. The van der Waals surface area contributed by atoms with E-state index < -0.39 is 10.0 Å². The fourth-order valence-electron chi connectivity index (χ4n) is 2.36. The molecule has 0 unspecified atom stereocenters. The van der Waals surface area contributed by atoms with Gasteiger partial charge >= 0.3 is 0 Å². The molecule has 0 spiro atoms. The number of benzene rings is 1. The number of hydrogen-bond acceptors (Lipinski definition) is 3. The smallest absolute Gasteiger partial charge is 0.243 e. The van der Waals surface area contributed by atoms with E-state index in [0.29, 0.717) is 11.4 Å². The van der Waals surface area contributed by atoms with Crippen LogP contribution in [0.5, 0.6) is 0 Å². The van der Waals surface area contributed by atoms with Crippen molar-refractivity contribution in [1.29, 1.82) is 0 Å². The number of piperidine rings is 1. The van der Waals surface area contributed by atoms with Gasteiger partial charge in [-0.25, -0.2) is 8.42 Å². The Hall–Kier alpha value is -1.07. The summed E-state index contributed by atoms with van der Waals surface area (Å²) in [6.07, 6.45) is 3.03. The summed E-state index contributed by atoms with van der Waals surface area (Å²) >= 11 is 0. The molecule has 0 radical (unpaired) electrons. The zero-order valence-corrected chi connectivity index (χ0v) is 11.7. The van der Waals surface area contributed by atoms with Crippen molar-refractivity contribution in [2.24, 2.45) is 0 Å². The molecule has 1 heterocycles. The van der Waals surface area contributed by atoms with E-state index in [2.05, 4.69) is 5.32 Å². The van der Waals surface area contributed by atoms with Crippen LogP contribution in [0.1, 0.15) is 26.2 Å². The number of nitrogens with zero attached hydrogens (tertiary/aromatic N) is 1. The summed E-state index contributed by atoms with van der Waals surface area (Å²) in [7, 11) is -1.51. The molecule has 1 aromatic carbocycles. The van der Waals surface area contributed by atoms with Crippen molar-refractivity contribution >= 4 is 15.7 Å². The Bertz CT molecular complexity index is 496. The summed E-state index contributed by atoms with van der Waals surface area (Å²) in [5.41, 5.74) is 0.917. The molecule has 4 nitrogen and oxygen atoms in total. The van der Waals surface area contributed by atoms with E-state index in [-0.39, 0.29) is 6.04 Å². The molecule has 100 valence electrons. The third-order valence-electron chi connectivity index (χ3n) is 3.49. The molecule has 0 amide bonds. The number of nitrogens with one attached hydrogen (secondary N) is 1. The predicted octanol–water partition coefficient (Wildman–Crippen LogP) is 2.29. The van der Waals surface area contributed by atoms with Crippen LogP contribution >= 0.6 is 0 Å². The first-order valence-corrected chi connectivity index (χ1v) is 7.79. The van der Waals surface area contributed by atoms with Crippen molar-refractivity contribution in [2.45, 2.75) is 37.1 Å². The first kappa shape index (κ1) is 13.4. The van der Waals surface area contributed by atoms with E-state index in [0.717, 1.165) is 24.9 Å². The van der Waals surface area contributed by atoms with Gasteiger partial charge in [0.1, 0.15) is 0 Å². The monoisotopic (exact) mass is 268 g/mol. The van der Waals surface area contributed by atoms with Crippen LogP contribution in [0, 0.1) is 0 Å². The number of hydrogen-bond donors (Lipinski definition) is 1. The van der Waals surface area contributed by atoms with Gasteiger partial charge in [-0.05, 0) is 44.0 Å². The van der Waals surface area contributed by atoms with Crippen LogP contribution in [0.25, 0.3) is 0 Å². The van der Waals surface area contributed by atoms with Crippen LogP contribution < -0.4 is 5.32 Å².